The topological polar surface area (TPSA) is 46.9 Å². The van der Waals surface area contributed by atoms with Crippen molar-refractivity contribution in [1.82, 2.24) is 9.80 Å². The number of para-hydroxylation sites is 1. The van der Waals surface area contributed by atoms with Crippen molar-refractivity contribution < 1.29 is 10.2 Å². The second-order valence-electron chi connectivity index (χ2n) is 8.25. The van der Waals surface area contributed by atoms with E-state index in [1.807, 2.05) is 30.3 Å². The highest BCUT2D eigenvalue weighted by molar-refractivity contribution is 9.10. The Balaban J connectivity index is 0.000000223. The van der Waals surface area contributed by atoms with Crippen molar-refractivity contribution >= 4 is 15.9 Å². The summed E-state index contributed by atoms with van der Waals surface area (Å²) in [5.74, 6) is 1.55. The minimum atomic E-state index is 0. The molecule has 2 N–H and O–H groups in total. The van der Waals surface area contributed by atoms with Crippen molar-refractivity contribution in [2.45, 2.75) is 47.0 Å². The Morgan fingerprint density at radius 2 is 1.13 bits per heavy atom. The molecule has 5 rings (SSSR count). The first-order valence-electron chi connectivity index (χ1n) is 10.5. The van der Waals surface area contributed by atoms with Gasteiger partial charge in [-0.25, -0.2) is 0 Å². The second kappa shape index (κ2) is 13.0. The number of halogens is 1. The fourth-order valence-electron chi connectivity index (χ4n) is 3.48. The third-order valence-electron chi connectivity index (χ3n) is 5.37. The predicted molar refractivity (Wildman–Crippen MR) is 132 cm³/mol. The van der Waals surface area contributed by atoms with Crippen LogP contribution in [0.1, 0.15) is 58.1 Å². The molecule has 0 aromatic heterocycles. The molecule has 30 heavy (non-hydrogen) atoms. The van der Waals surface area contributed by atoms with Gasteiger partial charge < -0.3 is 10.2 Å². The van der Waals surface area contributed by atoms with Crippen LogP contribution in [0.5, 0.6) is 11.5 Å². The van der Waals surface area contributed by atoms with E-state index in [-0.39, 0.29) is 7.43 Å². The fraction of sp³-hybridized carbons (Fsp3) is 0.520. The number of fused-ring (bicyclic) bond motifs is 3. The number of rotatable bonds is 2. The van der Waals surface area contributed by atoms with Crippen LogP contribution < -0.4 is 0 Å². The largest absolute Gasteiger partial charge is 0.508 e. The minimum absolute atomic E-state index is 0. The van der Waals surface area contributed by atoms with Crippen molar-refractivity contribution in [2.75, 3.05) is 39.3 Å². The average molecular weight is 480 g/mol. The van der Waals surface area contributed by atoms with E-state index in [9.17, 15) is 10.2 Å². The van der Waals surface area contributed by atoms with E-state index in [0.29, 0.717) is 23.3 Å². The van der Waals surface area contributed by atoms with E-state index in [2.05, 4.69) is 53.4 Å². The van der Waals surface area contributed by atoms with Gasteiger partial charge in [0.05, 0.1) is 0 Å². The fourth-order valence-corrected chi connectivity index (χ4v) is 3.86. The van der Waals surface area contributed by atoms with E-state index < -0.39 is 0 Å². The first-order chi connectivity index (χ1) is 13.8. The van der Waals surface area contributed by atoms with Crippen molar-refractivity contribution in [3.05, 3.63) is 58.1 Å². The maximum absolute atomic E-state index is 9.38. The highest BCUT2D eigenvalue weighted by atomic mass is 79.9. The van der Waals surface area contributed by atoms with Crippen LogP contribution in [0.2, 0.25) is 0 Å². The number of hydrogen-bond donors (Lipinski definition) is 2. The number of nitrogens with zero attached hydrogens (tertiary/aromatic N) is 2. The smallest absolute Gasteiger partial charge is 0.119 e. The van der Waals surface area contributed by atoms with Crippen molar-refractivity contribution in [2.24, 2.45) is 0 Å². The van der Waals surface area contributed by atoms with Crippen LogP contribution >= 0.6 is 15.9 Å². The molecule has 3 aliphatic rings. The first-order valence-corrected chi connectivity index (χ1v) is 11.3. The van der Waals surface area contributed by atoms with Crippen molar-refractivity contribution in [3.63, 3.8) is 0 Å². The third kappa shape index (κ3) is 8.29. The Morgan fingerprint density at radius 3 is 1.47 bits per heavy atom. The molecule has 0 amide bonds. The van der Waals surface area contributed by atoms with Crippen LogP contribution in [-0.2, 0) is 0 Å². The number of hydrogen-bond acceptors (Lipinski definition) is 4. The standard InChI is InChI=1S/C9H11BrO.C9H12O.C6H12N2.CH4/c1-6(2)8-5-7(10)3-4-9(8)11;1-7(2)8-5-3-4-6-9(8)10;1-2-8-5-3-7(1)4-6-8;/h3-6,11H,1-2H3;3-7,10H,1-2H3;1-6H2;1H4. The van der Waals surface area contributed by atoms with Gasteiger partial charge in [0.15, 0.2) is 0 Å². The zero-order valence-electron chi connectivity index (χ0n) is 18.1. The predicted octanol–water partition coefficient (Wildman–Crippen LogP) is 6.05. The minimum Gasteiger partial charge on any atom is -0.508 e. The van der Waals surface area contributed by atoms with Gasteiger partial charge in [-0.2, -0.15) is 0 Å². The second-order valence-corrected chi connectivity index (χ2v) is 9.17. The summed E-state index contributed by atoms with van der Waals surface area (Å²) in [4.78, 5) is 5.08. The van der Waals surface area contributed by atoms with Crippen LogP contribution in [0, 0.1) is 0 Å². The van der Waals surface area contributed by atoms with Crippen LogP contribution in [0.15, 0.2) is 46.9 Å². The maximum Gasteiger partial charge on any atom is 0.119 e. The van der Waals surface area contributed by atoms with Gasteiger partial charge in [-0.3, -0.25) is 9.80 Å². The molecule has 4 nitrogen and oxygen atoms in total. The number of phenolic OH excluding ortho intramolecular Hbond substituents is 2. The molecular weight excluding hydrogens is 440 g/mol. The maximum atomic E-state index is 9.38. The molecule has 5 heteroatoms. The van der Waals surface area contributed by atoms with Gasteiger partial charge in [0.25, 0.3) is 0 Å². The molecule has 168 valence electrons. The van der Waals surface area contributed by atoms with Gasteiger partial charge in [0.1, 0.15) is 11.5 Å². The molecule has 2 aromatic rings. The number of aromatic hydroxyl groups is 2. The summed E-state index contributed by atoms with van der Waals surface area (Å²) in [7, 11) is 0. The zero-order chi connectivity index (χ0) is 21.4. The Kier molecular flexibility index (Phi) is 11.5. The van der Waals surface area contributed by atoms with Gasteiger partial charge in [-0.05, 0) is 47.2 Å². The number of piperazine rings is 3. The summed E-state index contributed by atoms with van der Waals surface area (Å²) in [6.45, 7) is 16.2. The quantitative estimate of drug-likeness (QED) is 0.551. The molecule has 0 saturated carbocycles. The lowest BCUT2D eigenvalue weighted by Crippen LogP contribution is -2.55. The van der Waals surface area contributed by atoms with Gasteiger partial charge >= 0.3 is 0 Å². The highest BCUT2D eigenvalue weighted by Gasteiger charge is 2.21. The van der Waals surface area contributed by atoms with E-state index in [1.54, 1.807) is 12.1 Å². The molecular formula is C25H39BrN2O2. The average Bonchev–Trinajstić information content (AvgIpc) is 2.72. The van der Waals surface area contributed by atoms with Crippen molar-refractivity contribution in [3.8, 4) is 11.5 Å². The summed E-state index contributed by atoms with van der Waals surface area (Å²) in [5, 5.41) is 18.7. The van der Waals surface area contributed by atoms with Crippen LogP contribution in [0.4, 0.5) is 0 Å². The summed E-state index contributed by atoms with van der Waals surface area (Å²) in [5.41, 5.74) is 2.00. The summed E-state index contributed by atoms with van der Waals surface area (Å²) < 4.78 is 1.01. The number of benzene rings is 2. The van der Waals surface area contributed by atoms with E-state index in [4.69, 9.17) is 0 Å². The lowest BCUT2D eigenvalue weighted by molar-refractivity contribution is 0.0647. The molecule has 0 spiro atoms. The molecule has 0 unspecified atom stereocenters. The SMILES string of the molecule is C.C1CN2CCN1CC2.CC(C)c1cc(Br)ccc1O.CC(C)c1ccccc1O. The Morgan fingerprint density at radius 1 is 0.700 bits per heavy atom. The number of phenols is 2. The van der Waals surface area contributed by atoms with Gasteiger partial charge in [-0.15, -0.1) is 0 Å². The molecule has 0 atom stereocenters. The lowest BCUT2D eigenvalue weighted by Gasteiger charge is -2.41. The Labute approximate surface area is 191 Å². The van der Waals surface area contributed by atoms with Gasteiger partial charge in [-0.1, -0.05) is 69.3 Å². The first kappa shape index (κ1) is 26.5. The van der Waals surface area contributed by atoms with Gasteiger partial charge in [0, 0.05) is 43.7 Å². The molecule has 3 fully saturated rings. The van der Waals surface area contributed by atoms with E-state index in [1.165, 1.54) is 39.3 Å². The Bertz CT molecular complexity index is 734. The summed E-state index contributed by atoms with van der Waals surface area (Å²) in [6, 6.07) is 12.9. The lowest BCUT2D eigenvalue weighted by atomic mass is 10.0. The highest BCUT2D eigenvalue weighted by Crippen LogP contribution is 2.28. The third-order valence-corrected chi connectivity index (χ3v) is 5.86. The van der Waals surface area contributed by atoms with E-state index >= 15 is 0 Å². The van der Waals surface area contributed by atoms with Gasteiger partial charge in [0.2, 0.25) is 0 Å². The zero-order valence-corrected chi connectivity index (χ0v) is 19.7. The molecule has 0 radical (unpaired) electrons. The molecule has 3 aliphatic heterocycles. The van der Waals surface area contributed by atoms with Crippen LogP contribution in [-0.4, -0.2) is 59.3 Å². The Hall–Kier alpha value is -1.56. The molecule has 2 bridgehead atoms. The van der Waals surface area contributed by atoms with E-state index in [0.717, 1.165) is 15.6 Å². The summed E-state index contributed by atoms with van der Waals surface area (Å²) in [6.07, 6.45) is 0. The summed E-state index contributed by atoms with van der Waals surface area (Å²) >= 11 is 3.35. The molecule has 2 aromatic carbocycles. The molecule has 3 saturated heterocycles. The van der Waals surface area contributed by atoms with Crippen molar-refractivity contribution in [1.29, 1.82) is 0 Å². The normalized spacial score (nSPS) is 19.3. The monoisotopic (exact) mass is 478 g/mol. The van der Waals surface area contributed by atoms with Crippen LogP contribution in [0.25, 0.3) is 0 Å². The van der Waals surface area contributed by atoms with Crippen LogP contribution in [0.3, 0.4) is 0 Å². The molecule has 0 aliphatic carbocycles. The molecule has 3 heterocycles.